The predicted molar refractivity (Wildman–Crippen MR) is 63.1 cm³/mol. The van der Waals surface area contributed by atoms with Crippen LogP contribution in [0.3, 0.4) is 0 Å². The highest BCUT2D eigenvalue weighted by Crippen LogP contribution is 2.29. The number of hydrogen-bond donors (Lipinski definition) is 2. The normalized spacial score (nSPS) is 23.6. The molecule has 6 heteroatoms. The molecule has 0 saturated heterocycles. The number of rotatable bonds is 2. The molecule has 0 aliphatic heterocycles. The minimum absolute atomic E-state index is 0.177. The first-order valence-corrected chi connectivity index (χ1v) is 5.52. The number of fused-ring (bicyclic) bond motifs is 1. The molecule has 0 bridgehead atoms. The van der Waals surface area contributed by atoms with Crippen LogP contribution in [0.5, 0.6) is 0 Å². The van der Waals surface area contributed by atoms with E-state index in [1.807, 2.05) is 10.6 Å². The molecule has 1 aliphatic rings. The molecule has 2 aromatic heterocycles. The largest absolute Gasteiger partial charge is 0.396 e. The van der Waals surface area contributed by atoms with Crippen molar-refractivity contribution in [1.29, 1.82) is 0 Å². The van der Waals surface area contributed by atoms with Gasteiger partial charge in [-0.15, -0.1) is 0 Å². The van der Waals surface area contributed by atoms with Crippen LogP contribution in [0.25, 0.3) is 11.2 Å². The Labute approximate surface area is 97.8 Å². The van der Waals surface area contributed by atoms with Crippen molar-refractivity contribution in [1.82, 2.24) is 19.5 Å². The van der Waals surface area contributed by atoms with E-state index in [1.165, 1.54) is 0 Å². The Morgan fingerprint density at radius 2 is 2.29 bits per heavy atom. The third kappa shape index (κ3) is 1.66. The summed E-state index contributed by atoms with van der Waals surface area (Å²) in [7, 11) is 0. The van der Waals surface area contributed by atoms with E-state index in [0.29, 0.717) is 0 Å². The number of imidazole rings is 1. The number of nitrogen functional groups attached to an aromatic ring is 1. The number of aliphatic hydroxyl groups is 1. The summed E-state index contributed by atoms with van der Waals surface area (Å²) < 4.78 is 1.97. The fourth-order valence-electron chi connectivity index (χ4n) is 2.18. The lowest BCUT2D eigenvalue weighted by Gasteiger charge is -2.12. The Bertz CT molecular complexity index is 576. The third-order valence-corrected chi connectivity index (χ3v) is 3.08. The lowest BCUT2D eigenvalue weighted by Crippen LogP contribution is -2.08. The molecule has 3 N–H and O–H groups in total. The maximum absolute atomic E-state index is 9.12. The van der Waals surface area contributed by atoms with Crippen LogP contribution >= 0.6 is 0 Å². The van der Waals surface area contributed by atoms with Crippen LogP contribution in [-0.2, 0) is 0 Å². The van der Waals surface area contributed by atoms with Gasteiger partial charge in [0.25, 0.3) is 0 Å². The van der Waals surface area contributed by atoms with Gasteiger partial charge < -0.3 is 15.4 Å². The number of aromatic nitrogens is 4. The monoisotopic (exact) mass is 231 g/mol. The van der Waals surface area contributed by atoms with Gasteiger partial charge in [0.05, 0.1) is 18.6 Å². The van der Waals surface area contributed by atoms with Gasteiger partial charge in [-0.2, -0.15) is 4.98 Å². The molecule has 0 unspecified atom stereocenters. The zero-order valence-electron chi connectivity index (χ0n) is 9.19. The molecule has 0 saturated carbocycles. The highest BCUT2D eigenvalue weighted by molar-refractivity contribution is 5.70. The molecule has 3 rings (SSSR count). The first-order valence-electron chi connectivity index (χ1n) is 5.52. The van der Waals surface area contributed by atoms with Gasteiger partial charge in [0, 0.05) is 12.5 Å². The molecule has 0 amide bonds. The SMILES string of the molecule is Nc1ncc2ncn([C@@H]3C=C[C@H](CO)C3)c2n1. The van der Waals surface area contributed by atoms with Crippen LogP contribution in [0, 0.1) is 5.92 Å². The minimum Gasteiger partial charge on any atom is -0.396 e. The van der Waals surface area contributed by atoms with E-state index in [1.54, 1.807) is 12.5 Å². The van der Waals surface area contributed by atoms with Gasteiger partial charge in [-0.1, -0.05) is 12.2 Å². The molecule has 2 aromatic rings. The van der Waals surface area contributed by atoms with Gasteiger partial charge in [0.1, 0.15) is 5.52 Å². The second-order valence-electron chi connectivity index (χ2n) is 4.22. The van der Waals surface area contributed by atoms with E-state index >= 15 is 0 Å². The number of nitrogens with two attached hydrogens (primary N) is 1. The Morgan fingerprint density at radius 1 is 1.41 bits per heavy atom. The molecular weight excluding hydrogens is 218 g/mol. The van der Waals surface area contributed by atoms with Crippen LogP contribution in [0.2, 0.25) is 0 Å². The molecular formula is C11H13N5O. The molecule has 2 atom stereocenters. The second-order valence-corrected chi connectivity index (χ2v) is 4.22. The molecule has 2 heterocycles. The Kier molecular flexibility index (Phi) is 2.29. The number of anilines is 1. The third-order valence-electron chi connectivity index (χ3n) is 3.08. The van der Waals surface area contributed by atoms with Crippen molar-refractivity contribution in [3.63, 3.8) is 0 Å². The van der Waals surface area contributed by atoms with Crippen LogP contribution < -0.4 is 5.73 Å². The predicted octanol–water partition coefficient (Wildman–Crippen LogP) is 0.518. The molecule has 0 radical (unpaired) electrons. The maximum Gasteiger partial charge on any atom is 0.222 e. The lowest BCUT2D eigenvalue weighted by molar-refractivity contribution is 0.244. The Morgan fingerprint density at radius 3 is 3.06 bits per heavy atom. The molecule has 0 spiro atoms. The summed E-state index contributed by atoms with van der Waals surface area (Å²) in [5.74, 6) is 0.469. The fourth-order valence-corrected chi connectivity index (χ4v) is 2.18. The van der Waals surface area contributed by atoms with Gasteiger partial charge in [-0.3, -0.25) is 0 Å². The summed E-state index contributed by atoms with van der Waals surface area (Å²) in [4.78, 5) is 12.4. The summed E-state index contributed by atoms with van der Waals surface area (Å²) in [5.41, 5.74) is 7.06. The zero-order chi connectivity index (χ0) is 11.8. The second kappa shape index (κ2) is 3.81. The standard InChI is InChI=1S/C11H13N5O/c12-11-13-4-9-10(15-11)16(6-14-9)8-2-1-7(3-8)5-17/h1-2,4,6-8,17H,3,5H2,(H2,12,13,15)/t7-,8+/m0/s1. The Hall–Kier alpha value is -1.95. The van der Waals surface area contributed by atoms with Crippen LogP contribution in [0.1, 0.15) is 12.5 Å². The molecule has 88 valence electrons. The van der Waals surface area contributed by atoms with Crippen molar-refractivity contribution in [2.45, 2.75) is 12.5 Å². The summed E-state index contributed by atoms with van der Waals surface area (Å²) in [6, 6.07) is 0.187. The van der Waals surface area contributed by atoms with Gasteiger partial charge in [0.15, 0.2) is 5.65 Å². The van der Waals surface area contributed by atoms with Crippen LogP contribution in [0.15, 0.2) is 24.7 Å². The van der Waals surface area contributed by atoms with E-state index in [9.17, 15) is 0 Å². The van der Waals surface area contributed by atoms with Gasteiger partial charge in [0.2, 0.25) is 5.95 Å². The van der Waals surface area contributed by atoms with Crippen LogP contribution in [-0.4, -0.2) is 31.2 Å². The van der Waals surface area contributed by atoms with E-state index in [0.717, 1.165) is 17.6 Å². The van der Waals surface area contributed by atoms with E-state index in [-0.39, 0.29) is 24.5 Å². The average molecular weight is 231 g/mol. The van der Waals surface area contributed by atoms with Crippen molar-refractivity contribution < 1.29 is 5.11 Å². The Balaban J connectivity index is 2.01. The van der Waals surface area contributed by atoms with Crippen LogP contribution in [0.4, 0.5) is 5.95 Å². The van der Waals surface area contributed by atoms with Gasteiger partial charge in [-0.25, -0.2) is 9.97 Å². The molecule has 6 nitrogen and oxygen atoms in total. The lowest BCUT2D eigenvalue weighted by atomic mass is 10.1. The number of aliphatic hydroxyl groups excluding tert-OH is 1. The number of allylic oxidation sites excluding steroid dienone is 1. The van der Waals surface area contributed by atoms with Crippen molar-refractivity contribution in [2.24, 2.45) is 5.92 Å². The van der Waals surface area contributed by atoms with E-state index in [4.69, 9.17) is 10.8 Å². The van der Waals surface area contributed by atoms with Crippen molar-refractivity contribution >= 4 is 17.1 Å². The summed E-state index contributed by atoms with van der Waals surface area (Å²) >= 11 is 0. The number of hydrogen-bond acceptors (Lipinski definition) is 5. The molecule has 0 aromatic carbocycles. The minimum atomic E-state index is 0.177. The first-order chi connectivity index (χ1) is 8.28. The van der Waals surface area contributed by atoms with Crippen molar-refractivity contribution in [3.05, 3.63) is 24.7 Å². The zero-order valence-corrected chi connectivity index (χ0v) is 9.19. The van der Waals surface area contributed by atoms with Crippen molar-refractivity contribution in [2.75, 3.05) is 12.3 Å². The highest BCUT2D eigenvalue weighted by atomic mass is 16.3. The maximum atomic E-state index is 9.12. The van der Waals surface area contributed by atoms with Crippen molar-refractivity contribution in [3.8, 4) is 0 Å². The molecule has 1 aliphatic carbocycles. The van der Waals surface area contributed by atoms with Gasteiger partial charge in [-0.05, 0) is 6.42 Å². The fraction of sp³-hybridized carbons (Fsp3) is 0.364. The smallest absolute Gasteiger partial charge is 0.222 e. The summed E-state index contributed by atoms with van der Waals surface area (Å²) in [6.45, 7) is 0.177. The van der Waals surface area contributed by atoms with E-state index in [2.05, 4.69) is 21.0 Å². The number of nitrogens with zero attached hydrogens (tertiary/aromatic N) is 4. The first kappa shape index (κ1) is 10.2. The molecule has 0 fully saturated rings. The molecule has 17 heavy (non-hydrogen) atoms. The average Bonchev–Trinajstić information content (AvgIpc) is 2.93. The van der Waals surface area contributed by atoms with E-state index < -0.39 is 0 Å². The summed E-state index contributed by atoms with van der Waals surface area (Å²) in [5, 5.41) is 9.12. The topological polar surface area (TPSA) is 89.8 Å². The quantitative estimate of drug-likeness (QED) is 0.735. The summed E-state index contributed by atoms with van der Waals surface area (Å²) in [6.07, 6.45) is 8.33. The highest BCUT2D eigenvalue weighted by Gasteiger charge is 2.21. The van der Waals surface area contributed by atoms with Gasteiger partial charge >= 0.3 is 0 Å².